The fraction of sp³-hybridized carbons (Fsp3) is 0.333. The van der Waals surface area contributed by atoms with Gasteiger partial charge in [0.15, 0.2) is 5.82 Å². The average Bonchev–Trinajstić information content (AvgIpc) is 3.24. The number of nitrogens with zero attached hydrogens (tertiary/aromatic N) is 6. The zero-order valence-corrected chi connectivity index (χ0v) is 16.2. The molecule has 1 aliphatic heterocycles. The van der Waals surface area contributed by atoms with E-state index in [1.54, 1.807) is 19.3 Å². The van der Waals surface area contributed by atoms with Crippen molar-refractivity contribution in [3.8, 4) is 17.2 Å². The van der Waals surface area contributed by atoms with Crippen molar-refractivity contribution in [1.82, 2.24) is 24.4 Å². The van der Waals surface area contributed by atoms with Crippen LogP contribution in [0.15, 0.2) is 48.9 Å². The maximum absolute atomic E-state index is 11.5. The Morgan fingerprint density at radius 1 is 0.964 bits per heavy atom. The molecule has 0 radical (unpaired) electrons. The zero-order valence-electron chi connectivity index (χ0n) is 16.2. The van der Waals surface area contributed by atoms with E-state index in [4.69, 9.17) is 0 Å². The van der Waals surface area contributed by atoms with E-state index in [1.807, 2.05) is 28.7 Å². The maximum Gasteiger partial charge on any atom is 0.219 e. The summed E-state index contributed by atoms with van der Waals surface area (Å²) in [6, 6.07) is 10.3. The molecule has 0 N–H and O–H groups in total. The van der Waals surface area contributed by atoms with Gasteiger partial charge in [0.1, 0.15) is 11.5 Å². The number of imidazole rings is 1. The Bertz CT molecular complexity index is 957. The number of benzene rings is 1. The van der Waals surface area contributed by atoms with Crippen molar-refractivity contribution in [2.24, 2.45) is 0 Å². The van der Waals surface area contributed by atoms with Crippen LogP contribution in [0.2, 0.25) is 0 Å². The lowest BCUT2D eigenvalue weighted by molar-refractivity contribution is -0.129. The number of aromatic nitrogens is 4. The maximum atomic E-state index is 11.5. The van der Waals surface area contributed by atoms with Gasteiger partial charge in [-0.3, -0.25) is 9.36 Å². The van der Waals surface area contributed by atoms with E-state index in [0.29, 0.717) is 0 Å². The third kappa shape index (κ3) is 3.60. The first kappa shape index (κ1) is 18.2. The normalized spacial score (nSPS) is 14.4. The first-order chi connectivity index (χ1) is 13.7. The van der Waals surface area contributed by atoms with Crippen molar-refractivity contribution in [3.63, 3.8) is 0 Å². The summed E-state index contributed by atoms with van der Waals surface area (Å²) in [6.45, 7) is 6.94. The molecule has 1 aromatic carbocycles. The van der Waals surface area contributed by atoms with Crippen LogP contribution >= 0.6 is 0 Å². The number of aryl methyl sites for hydroxylation is 1. The molecule has 0 unspecified atom stereocenters. The Balaban J connectivity index is 1.54. The van der Waals surface area contributed by atoms with E-state index in [2.05, 4.69) is 44.1 Å². The van der Waals surface area contributed by atoms with Gasteiger partial charge in [-0.05, 0) is 30.3 Å². The molecule has 0 aliphatic carbocycles. The molecule has 3 aromatic rings. The fourth-order valence-corrected chi connectivity index (χ4v) is 3.50. The monoisotopic (exact) mass is 376 g/mol. The lowest BCUT2D eigenvalue weighted by Crippen LogP contribution is -2.48. The molecule has 1 fully saturated rings. The number of amides is 1. The van der Waals surface area contributed by atoms with Crippen LogP contribution in [0.5, 0.6) is 0 Å². The minimum Gasteiger partial charge on any atom is -0.368 e. The molecule has 28 heavy (non-hydrogen) atoms. The molecule has 7 nitrogen and oxygen atoms in total. The van der Waals surface area contributed by atoms with Gasteiger partial charge in [-0.1, -0.05) is 6.92 Å². The summed E-state index contributed by atoms with van der Waals surface area (Å²) in [6.07, 6.45) is 6.31. The van der Waals surface area contributed by atoms with Crippen LogP contribution < -0.4 is 4.90 Å². The summed E-state index contributed by atoms with van der Waals surface area (Å²) >= 11 is 0. The predicted molar refractivity (Wildman–Crippen MR) is 108 cm³/mol. The van der Waals surface area contributed by atoms with Gasteiger partial charge in [-0.2, -0.15) is 0 Å². The molecule has 7 heteroatoms. The van der Waals surface area contributed by atoms with E-state index in [-0.39, 0.29) is 5.91 Å². The quantitative estimate of drug-likeness (QED) is 0.700. The van der Waals surface area contributed by atoms with E-state index >= 15 is 0 Å². The van der Waals surface area contributed by atoms with Crippen molar-refractivity contribution in [2.75, 3.05) is 31.1 Å². The lowest BCUT2D eigenvalue weighted by Gasteiger charge is -2.35. The molecule has 0 spiro atoms. The summed E-state index contributed by atoms with van der Waals surface area (Å²) in [5.74, 6) is 1.77. The van der Waals surface area contributed by atoms with Crippen LogP contribution in [0.25, 0.3) is 17.2 Å². The van der Waals surface area contributed by atoms with Crippen LogP contribution in [-0.4, -0.2) is 56.5 Å². The lowest BCUT2D eigenvalue weighted by atomic mass is 10.2. The predicted octanol–water partition coefficient (Wildman–Crippen LogP) is 2.56. The second kappa shape index (κ2) is 7.80. The topological polar surface area (TPSA) is 67.2 Å². The fourth-order valence-electron chi connectivity index (χ4n) is 3.50. The Kier molecular flexibility index (Phi) is 5.06. The Morgan fingerprint density at radius 3 is 2.36 bits per heavy atom. The van der Waals surface area contributed by atoms with Gasteiger partial charge in [0, 0.05) is 69.5 Å². The first-order valence-corrected chi connectivity index (χ1v) is 9.62. The van der Waals surface area contributed by atoms with Crippen LogP contribution in [0.3, 0.4) is 0 Å². The van der Waals surface area contributed by atoms with E-state index < -0.39 is 0 Å². The highest BCUT2D eigenvalue weighted by Gasteiger charge is 2.19. The Labute approximate surface area is 164 Å². The third-order valence-corrected chi connectivity index (χ3v) is 5.11. The minimum absolute atomic E-state index is 0.151. The number of rotatable bonds is 4. The summed E-state index contributed by atoms with van der Waals surface area (Å²) in [7, 11) is 0. The van der Waals surface area contributed by atoms with Crippen LogP contribution in [0, 0.1) is 0 Å². The SMILES string of the molecule is CCc1nccc(-c2nccn2-c2ccc(N3CCN(C(C)=O)CC3)cc2)n1. The molecule has 0 bridgehead atoms. The highest BCUT2D eigenvalue weighted by Crippen LogP contribution is 2.23. The van der Waals surface area contributed by atoms with Gasteiger partial charge in [-0.15, -0.1) is 0 Å². The van der Waals surface area contributed by atoms with Gasteiger partial charge in [0.2, 0.25) is 5.91 Å². The van der Waals surface area contributed by atoms with E-state index in [1.165, 1.54) is 5.69 Å². The van der Waals surface area contributed by atoms with E-state index in [9.17, 15) is 4.79 Å². The van der Waals surface area contributed by atoms with Gasteiger partial charge in [0.05, 0.1) is 0 Å². The summed E-state index contributed by atoms with van der Waals surface area (Å²) in [5.41, 5.74) is 3.03. The summed E-state index contributed by atoms with van der Waals surface area (Å²) in [4.78, 5) is 29.1. The van der Waals surface area contributed by atoms with Gasteiger partial charge >= 0.3 is 0 Å². The molecule has 144 valence electrons. The zero-order chi connectivity index (χ0) is 19.5. The second-order valence-electron chi connectivity index (χ2n) is 6.84. The van der Waals surface area contributed by atoms with Gasteiger partial charge < -0.3 is 9.80 Å². The van der Waals surface area contributed by atoms with Gasteiger partial charge in [-0.25, -0.2) is 15.0 Å². The van der Waals surface area contributed by atoms with Crippen LogP contribution in [0.4, 0.5) is 5.69 Å². The van der Waals surface area contributed by atoms with E-state index in [0.717, 1.165) is 55.6 Å². The molecular weight excluding hydrogens is 352 g/mol. The number of hydrogen-bond donors (Lipinski definition) is 0. The van der Waals surface area contributed by atoms with Crippen LogP contribution in [0.1, 0.15) is 19.7 Å². The van der Waals surface area contributed by atoms with Crippen molar-refractivity contribution < 1.29 is 4.79 Å². The largest absolute Gasteiger partial charge is 0.368 e. The first-order valence-electron chi connectivity index (χ1n) is 9.62. The Morgan fingerprint density at radius 2 is 1.68 bits per heavy atom. The molecule has 0 saturated carbocycles. The van der Waals surface area contributed by atoms with Crippen molar-refractivity contribution in [1.29, 1.82) is 0 Å². The average molecular weight is 376 g/mol. The minimum atomic E-state index is 0.151. The summed E-state index contributed by atoms with van der Waals surface area (Å²) in [5, 5.41) is 0. The van der Waals surface area contributed by atoms with Crippen LogP contribution in [-0.2, 0) is 11.2 Å². The van der Waals surface area contributed by atoms with Crippen molar-refractivity contribution >= 4 is 11.6 Å². The molecule has 4 rings (SSSR count). The smallest absolute Gasteiger partial charge is 0.219 e. The number of piperazine rings is 1. The third-order valence-electron chi connectivity index (χ3n) is 5.11. The number of carbonyl (C=O) groups is 1. The number of carbonyl (C=O) groups excluding carboxylic acids is 1. The number of anilines is 1. The molecule has 2 aromatic heterocycles. The molecule has 1 aliphatic rings. The van der Waals surface area contributed by atoms with Gasteiger partial charge in [0.25, 0.3) is 0 Å². The second-order valence-corrected chi connectivity index (χ2v) is 6.84. The number of hydrogen-bond acceptors (Lipinski definition) is 5. The summed E-state index contributed by atoms with van der Waals surface area (Å²) < 4.78 is 2.04. The molecule has 3 heterocycles. The highest BCUT2D eigenvalue weighted by molar-refractivity contribution is 5.73. The molecule has 1 saturated heterocycles. The molecule has 1 amide bonds. The molecule has 0 atom stereocenters. The van der Waals surface area contributed by atoms with Crippen molar-refractivity contribution in [2.45, 2.75) is 20.3 Å². The Hall–Kier alpha value is -3.22. The molecular formula is C21H24N6O. The van der Waals surface area contributed by atoms with Crippen molar-refractivity contribution in [3.05, 3.63) is 54.7 Å². The highest BCUT2D eigenvalue weighted by atomic mass is 16.2. The standard InChI is InChI=1S/C21H24N6O/c1-3-20-22-9-8-19(24-20)21-23-10-11-27(21)18-6-4-17(5-7-18)26-14-12-25(13-15-26)16(2)28/h4-11H,3,12-15H2,1-2H3.